The number of halogens is 3. The van der Waals surface area contributed by atoms with Gasteiger partial charge in [-0.15, -0.1) is 0 Å². The highest BCUT2D eigenvalue weighted by atomic mass is 32.2. The molecular weight excluding hydrogens is 219 g/mol. The Balaban J connectivity index is 2.93. The molecule has 0 bridgehead atoms. The van der Waals surface area contributed by atoms with Crippen LogP contribution in [0.3, 0.4) is 0 Å². The topological polar surface area (TPSA) is 60.2 Å². The fourth-order valence-electron chi connectivity index (χ4n) is 1.98. The van der Waals surface area contributed by atoms with Gasteiger partial charge in [0, 0.05) is 0 Å². The van der Waals surface area contributed by atoms with Gasteiger partial charge in [0.05, 0.1) is 0 Å². The summed E-state index contributed by atoms with van der Waals surface area (Å²) in [6.07, 6.45) is -2.87. The lowest BCUT2D eigenvalue weighted by Gasteiger charge is -2.23. The Hall–Kier alpha value is -0.300. The SMILES string of the molecule is NS(=O)(=O)C(C1CCCC1)C(F)(F)F. The second kappa shape index (κ2) is 3.69. The molecule has 0 aromatic carbocycles. The first-order chi connectivity index (χ1) is 6.23. The van der Waals surface area contributed by atoms with Gasteiger partial charge in [0.25, 0.3) is 0 Å². The van der Waals surface area contributed by atoms with E-state index in [4.69, 9.17) is 0 Å². The van der Waals surface area contributed by atoms with Gasteiger partial charge in [-0.3, -0.25) is 0 Å². The Bertz CT molecular complexity index is 293. The summed E-state index contributed by atoms with van der Waals surface area (Å²) in [6, 6.07) is 0. The molecule has 14 heavy (non-hydrogen) atoms. The average molecular weight is 231 g/mol. The standard InChI is InChI=1S/C7H12F3NO2S/c8-7(9,10)6(14(11,12)13)5-3-1-2-4-5/h5-6H,1-4H2,(H2,11,12,13). The molecular formula is C7H12F3NO2S. The van der Waals surface area contributed by atoms with Gasteiger partial charge in [0.15, 0.2) is 5.25 Å². The summed E-state index contributed by atoms with van der Waals surface area (Å²) in [5, 5.41) is 2.22. The van der Waals surface area contributed by atoms with Gasteiger partial charge in [0.2, 0.25) is 10.0 Å². The predicted octanol–water partition coefficient (Wildman–Crippen LogP) is 1.40. The van der Waals surface area contributed by atoms with Gasteiger partial charge < -0.3 is 0 Å². The molecule has 7 heteroatoms. The smallest absolute Gasteiger partial charge is 0.228 e. The van der Waals surface area contributed by atoms with Crippen LogP contribution in [-0.2, 0) is 10.0 Å². The lowest BCUT2D eigenvalue weighted by molar-refractivity contribution is -0.139. The maximum absolute atomic E-state index is 12.4. The van der Waals surface area contributed by atoms with Gasteiger partial charge in [-0.25, -0.2) is 13.6 Å². The third-order valence-electron chi connectivity index (χ3n) is 2.50. The molecule has 0 aromatic rings. The van der Waals surface area contributed by atoms with Crippen LogP contribution in [0.1, 0.15) is 25.7 Å². The van der Waals surface area contributed by atoms with Crippen LogP contribution in [0.2, 0.25) is 0 Å². The summed E-state index contributed by atoms with van der Waals surface area (Å²) >= 11 is 0. The van der Waals surface area contributed by atoms with Crippen molar-refractivity contribution in [3.63, 3.8) is 0 Å². The van der Waals surface area contributed by atoms with Crippen LogP contribution < -0.4 is 5.14 Å². The van der Waals surface area contributed by atoms with Crippen molar-refractivity contribution in [3.8, 4) is 0 Å². The Morgan fingerprint density at radius 1 is 1.21 bits per heavy atom. The summed E-state index contributed by atoms with van der Waals surface area (Å²) in [4.78, 5) is 0. The zero-order valence-electron chi connectivity index (χ0n) is 7.42. The quantitative estimate of drug-likeness (QED) is 0.780. The zero-order valence-corrected chi connectivity index (χ0v) is 8.24. The number of alkyl halides is 3. The lowest BCUT2D eigenvalue weighted by Crippen LogP contribution is -2.45. The summed E-state index contributed by atoms with van der Waals surface area (Å²) in [7, 11) is -4.53. The molecule has 1 rings (SSSR count). The monoisotopic (exact) mass is 231 g/mol. The van der Waals surface area contributed by atoms with Crippen molar-refractivity contribution in [2.75, 3.05) is 0 Å². The average Bonchev–Trinajstić information content (AvgIpc) is 2.31. The molecule has 3 nitrogen and oxygen atoms in total. The second-order valence-corrected chi connectivity index (χ2v) is 5.28. The highest BCUT2D eigenvalue weighted by Crippen LogP contribution is 2.38. The van der Waals surface area contributed by atoms with E-state index in [0.29, 0.717) is 25.7 Å². The van der Waals surface area contributed by atoms with Gasteiger partial charge in [-0.2, -0.15) is 13.2 Å². The first-order valence-electron chi connectivity index (χ1n) is 4.31. The Morgan fingerprint density at radius 2 is 1.64 bits per heavy atom. The molecule has 1 unspecified atom stereocenters. The van der Waals surface area contributed by atoms with Gasteiger partial charge in [-0.05, 0) is 18.8 Å². The molecule has 0 heterocycles. The normalized spacial score (nSPS) is 22.6. The molecule has 0 saturated heterocycles. The Labute approximate surface area is 80.5 Å². The maximum Gasteiger partial charge on any atom is 0.407 e. The highest BCUT2D eigenvalue weighted by molar-refractivity contribution is 7.89. The molecule has 2 N–H and O–H groups in total. The largest absolute Gasteiger partial charge is 0.407 e. The van der Waals surface area contributed by atoms with E-state index in [1.165, 1.54) is 0 Å². The first kappa shape index (κ1) is 11.8. The summed E-state index contributed by atoms with van der Waals surface area (Å²) in [5.74, 6) is -0.856. The van der Waals surface area contributed by atoms with Crippen LogP contribution in [0.15, 0.2) is 0 Å². The molecule has 0 aliphatic heterocycles. The van der Waals surface area contributed by atoms with Crippen molar-refractivity contribution in [1.29, 1.82) is 0 Å². The Morgan fingerprint density at radius 3 is 1.93 bits per heavy atom. The van der Waals surface area contributed by atoms with E-state index < -0.39 is 27.4 Å². The van der Waals surface area contributed by atoms with Gasteiger partial charge in [0.1, 0.15) is 0 Å². The minimum atomic E-state index is -4.75. The number of primary sulfonamides is 1. The third kappa shape index (κ3) is 2.60. The number of rotatable bonds is 2. The third-order valence-corrected chi connectivity index (χ3v) is 3.86. The fraction of sp³-hybridized carbons (Fsp3) is 1.00. The van der Waals surface area contributed by atoms with Crippen LogP contribution in [0, 0.1) is 5.92 Å². The van der Waals surface area contributed by atoms with Crippen LogP contribution in [0.25, 0.3) is 0 Å². The molecule has 0 radical (unpaired) electrons. The molecule has 0 aromatic heterocycles. The fourth-order valence-corrected chi connectivity index (χ4v) is 3.16. The molecule has 0 amide bonds. The molecule has 1 atom stereocenters. The molecule has 1 fully saturated rings. The maximum atomic E-state index is 12.4. The lowest BCUT2D eigenvalue weighted by atomic mass is 10.0. The van der Waals surface area contributed by atoms with E-state index in [-0.39, 0.29) is 0 Å². The zero-order chi connectivity index (χ0) is 11.0. The molecule has 0 spiro atoms. The number of nitrogens with two attached hydrogens (primary N) is 1. The minimum Gasteiger partial charge on any atom is -0.228 e. The molecule has 1 aliphatic rings. The number of sulfonamides is 1. The Kier molecular flexibility index (Phi) is 3.10. The van der Waals surface area contributed by atoms with Crippen molar-refractivity contribution >= 4 is 10.0 Å². The number of hydrogen-bond acceptors (Lipinski definition) is 2. The van der Waals surface area contributed by atoms with E-state index in [9.17, 15) is 21.6 Å². The first-order valence-corrected chi connectivity index (χ1v) is 5.92. The van der Waals surface area contributed by atoms with E-state index in [0.717, 1.165) is 0 Å². The predicted molar refractivity (Wildman–Crippen MR) is 44.9 cm³/mol. The highest BCUT2D eigenvalue weighted by Gasteiger charge is 2.52. The van der Waals surface area contributed by atoms with E-state index in [2.05, 4.69) is 5.14 Å². The molecule has 1 aliphatic carbocycles. The second-order valence-electron chi connectivity index (χ2n) is 3.60. The number of hydrogen-bond donors (Lipinski definition) is 1. The molecule has 84 valence electrons. The summed E-state index contributed by atoms with van der Waals surface area (Å²) in [6.45, 7) is 0. The van der Waals surface area contributed by atoms with Gasteiger partial charge >= 0.3 is 6.18 Å². The molecule has 1 saturated carbocycles. The van der Waals surface area contributed by atoms with E-state index in [1.54, 1.807) is 0 Å². The van der Waals surface area contributed by atoms with E-state index in [1.807, 2.05) is 0 Å². The van der Waals surface area contributed by atoms with E-state index >= 15 is 0 Å². The van der Waals surface area contributed by atoms with Crippen molar-refractivity contribution in [1.82, 2.24) is 0 Å². The van der Waals surface area contributed by atoms with Crippen LogP contribution in [0.5, 0.6) is 0 Å². The van der Waals surface area contributed by atoms with Crippen LogP contribution in [-0.4, -0.2) is 19.8 Å². The van der Waals surface area contributed by atoms with Crippen molar-refractivity contribution < 1.29 is 21.6 Å². The summed E-state index contributed by atoms with van der Waals surface area (Å²) < 4.78 is 58.9. The van der Waals surface area contributed by atoms with Crippen LogP contribution in [0.4, 0.5) is 13.2 Å². The summed E-state index contributed by atoms with van der Waals surface area (Å²) in [5.41, 5.74) is 0. The minimum absolute atomic E-state index is 0.292. The van der Waals surface area contributed by atoms with Crippen molar-refractivity contribution in [2.45, 2.75) is 37.1 Å². The van der Waals surface area contributed by atoms with Crippen molar-refractivity contribution in [2.24, 2.45) is 11.1 Å². The van der Waals surface area contributed by atoms with Crippen LogP contribution >= 0.6 is 0 Å². The van der Waals surface area contributed by atoms with Crippen molar-refractivity contribution in [3.05, 3.63) is 0 Å². The van der Waals surface area contributed by atoms with Gasteiger partial charge in [-0.1, -0.05) is 12.8 Å².